The fourth-order valence-corrected chi connectivity index (χ4v) is 4.91. The minimum Gasteiger partial charge on any atom is -0.454 e. The second-order valence-corrected chi connectivity index (χ2v) is 8.50. The number of amides is 3. The molecule has 0 radical (unpaired) electrons. The number of rotatable bonds is 4. The summed E-state index contributed by atoms with van der Waals surface area (Å²) in [5.74, 6) is 0.858. The number of carbonyl (C=O) groups is 3. The number of piperidine rings is 1. The zero-order valence-corrected chi connectivity index (χ0v) is 16.8. The lowest BCUT2D eigenvalue weighted by Gasteiger charge is -2.30. The maximum absolute atomic E-state index is 12.7. The van der Waals surface area contributed by atoms with Gasteiger partial charge in [-0.15, -0.1) is 0 Å². The maximum Gasteiger partial charge on any atom is 0.237 e. The summed E-state index contributed by atoms with van der Waals surface area (Å²) < 4.78 is 10.6. The number of nitrogens with zero attached hydrogens (tertiary/aromatic N) is 1. The highest BCUT2D eigenvalue weighted by Crippen LogP contribution is 2.35. The summed E-state index contributed by atoms with van der Waals surface area (Å²) in [4.78, 5) is 40.6. The predicted molar refractivity (Wildman–Crippen MR) is 107 cm³/mol. The van der Waals surface area contributed by atoms with Gasteiger partial charge in [0.2, 0.25) is 24.5 Å². The van der Waals surface area contributed by atoms with Crippen molar-refractivity contribution >= 4 is 23.4 Å². The lowest BCUT2D eigenvalue weighted by molar-refractivity contribution is -0.913. The molecule has 158 valence electrons. The summed E-state index contributed by atoms with van der Waals surface area (Å²) in [6, 6.07) is 5.38. The molecule has 0 bridgehead atoms. The average Bonchev–Trinajstić information content (AvgIpc) is 3.33. The molecule has 2 saturated heterocycles. The van der Waals surface area contributed by atoms with E-state index in [1.807, 2.05) is 18.2 Å². The Balaban J connectivity index is 1.13. The zero-order chi connectivity index (χ0) is 20.7. The van der Waals surface area contributed by atoms with Crippen molar-refractivity contribution in [3.63, 3.8) is 0 Å². The van der Waals surface area contributed by atoms with Crippen LogP contribution in [0.2, 0.25) is 0 Å². The van der Waals surface area contributed by atoms with Gasteiger partial charge in [-0.25, -0.2) is 4.90 Å². The molecule has 0 unspecified atom stereocenters. The van der Waals surface area contributed by atoms with E-state index in [4.69, 9.17) is 9.47 Å². The van der Waals surface area contributed by atoms with E-state index in [-0.39, 0.29) is 42.3 Å². The molecule has 3 heterocycles. The molecule has 2 N–H and O–H groups in total. The summed E-state index contributed by atoms with van der Waals surface area (Å²) in [5, 5.41) is 2.97. The number of ether oxygens (including phenoxy) is 2. The molecular formula is C22H26N3O5+. The molecule has 3 aliphatic heterocycles. The zero-order valence-electron chi connectivity index (χ0n) is 16.8. The number of benzene rings is 1. The fourth-order valence-electron chi connectivity index (χ4n) is 4.91. The first kappa shape index (κ1) is 19.1. The van der Waals surface area contributed by atoms with Crippen LogP contribution in [0.15, 0.2) is 30.4 Å². The monoisotopic (exact) mass is 412 g/mol. The Labute approximate surface area is 174 Å². The summed E-state index contributed by atoms with van der Waals surface area (Å²) >= 11 is 0. The van der Waals surface area contributed by atoms with Crippen molar-refractivity contribution in [1.82, 2.24) is 4.90 Å². The van der Waals surface area contributed by atoms with Gasteiger partial charge in [0.1, 0.15) is 0 Å². The molecule has 8 heteroatoms. The number of nitrogens with one attached hydrogen (secondary N) is 2. The molecule has 1 aliphatic carbocycles. The quantitative estimate of drug-likeness (QED) is 0.557. The maximum atomic E-state index is 12.7. The van der Waals surface area contributed by atoms with Gasteiger partial charge in [-0.05, 0) is 25.0 Å². The lowest BCUT2D eigenvalue weighted by atomic mass is 9.85. The van der Waals surface area contributed by atoms with E-state index in [0.29, 0.717) is 36.7 Å². The van der Waals surface area contributed by atoms with E-state index in [2.05, 4.69) is 5.32 Å². The number of allylic oxidation sites excluding steroid dienone is 2. The molecule has 1 aromatic rings. The fraction of sp³-hybridized carbons (Fsp3) is 0.500. The molecule has 2 fully saturated rings. The number of imide groups is 1. The van der Waals surface area contributed by atoms with Gasteiger partial charge in [-0.1, -0.05) is 12.2 Å². The van der Waals surface area contributed by atoms with Crippen molar-refractivity contribution in [3.8, 4) is 11.5 Å². The van der Waals surface area contributed by atoms with Crippen LogP contribution in [0, 0.1) is 17.8 Å². The molecule has 0 saturated carbocycles. The number of quaternary nitrogens is 1. The van der Waals surface area contributed by atoms with E-state index in [0.717, 1.165) is 25.9 Å². The second-order valence-electron chi connectivity index (χ2n) is 8.50. The Morgan fingerprint density at radius 3 is 2.40 bits per heavy atom. The van der Waals surface area contributed by atoms with E-state index in [9.17, 15) is 14.4 Å². The first-order chi connectivity index (χ1) is 14.6. The number of hydrogen-bond donors (Lipinski definition) is 2. The Kier molecular flexibility index (Phi) is 4.94. The van der Waals surface area contributed by atoms with Crippen LogP contribution in [0.5, 0.6) is 11.5 Å². The number of hydrogen-bond acceptors (Lipinski definition) is 5. The van der Waals surface area contributed by atoms with Crippen LogP contribution in [0.4, 0.5) is 5.69 Å². The number of likely N-dealkylation sites (tertiary alicyclic amines) is 2. The third-order valence-electron chi connectivity index (χ3n) is 6.68. The number of anilines is 1. The molecule has 4 aliphatic rings. The van der Waals surface area contributed by atoms with Crippen molar-refractivity contribution in [1.29, 1.82) is 0 Å². The van der Waals surface area contributed by atoms with Crippen molar-refractivity contribution in [2.75, 3.05) is 31.9 Å². The van der Waals surface area contributed by atoms with Crippen LogP contribution in [0.25, 0.3) is 0 Å². The van der Waals surface area contributed by atoms with Crippen LogP contribution in [0.1, 0.15) is 25.7 Å². The summed E-state index contributed by atoms with van der Waals surface area (Å²) in [6.45, 7) is 2.16. The van der Waals surface area contributed by atoms with Crippen LogP contribution in [0.3, 0.4) is 0 Å². The van der Waals surface area contributed by atoms with Crippen LogP contribution < -0.4 is 19.7 Å². The molecule has 0 spiro atoms. The molecule has 0 aromatic heterocycles. The lowest BCUT2D eigenvalue weighted by Crippen LogP contribution is -3.14. The van der Waals surface area contributed by atoms with Gasteiger partial charge in [-0.3, -0.25) is 14.4 Å². The highest BCUT2D eigenvalue weighted by atomic mass is 16.7. The van der Waals surface area contributed by atoms with Gasteiger partial charge in [0.05, 0.1) is 24.9 Å². The summed E-state index contributed by atoms with van der Waals surface area (Å²) in [6.07, 6.45) is 6.82. The second kappa shape index (κ2) is 7.75. The average molecular weight is 412 g/mol. The van der Waals surface area contributed by atoms with Gasteiger partial charge < -0.3 is 19.7 Å². The Hall–Kier alpha value is -2.87. The minimum atomic E-state index is -0.174. The first-order valence-corrected chi connectivity index (χ1v) is 10.6. The third-order valence-corrected chi connectivity index (χ3v) is 6.68. The van der Waals surface area contributed by atoms with E-state index in [1.54, 1.807) is 12.1 Å². The van der Waals surface area contributed by atoms with Gasteiger partial charge in [0.25, 0.3) is 0 Å². The van der Waals surface area contributed by atoms with E-state index in [1.165, 1.54) is 9.80 Å². The van der Waals surface area contributed by atoms with Gasteiger partial charge in [0, 0.05) is 30.5 Å². The van der Waals surface area contributed by atoms with Crippen molar-refractivity contribution in [2.24, 2.45) is 17.8 Å². The van der Waals surface area contributed by atoms with E-state index < -0.39 is 0 Å². The number of fused-ring (bicyclic) bond motifs is 2. The van der Waals surface area contributed by atoms with Gasteiger partial charge >= 0.3 is 0 Å². The standard InChI is InChI=1S/C22H25N3O5/c26-20(23-15-5-6-18-19(11-15)30-13-29-18)14-7-9-24(10-8-14)12-25-21(27)16-3-1-2-4-17(16)22(25)28/h1-2,5-6,11,14,16-17H,3-4,7-10,12-13H2,(H,23,26)/p+1/t16-,17-/m1/s1. The Bertz CT molecular complexity index is 880. The van der Waals surface area contributed by atoms with E-state index >= 15 is 0 Å². The predicted octanol–water partition coefficient (Wildman–Crippen LogP) is 0.557. The highest BCUT2D eigenvalue weighted by Gasteiger charge is 2.48. The van der Waals surface area contributed by atoms with Gasteiger partial charge in [0.15, 0.2) is 18.2 Å². The van der Waals surface area contributed by atoms with Crippen molar-refractivity contribution in [3.05, 3.63) is 30.4 Å². The molecule has 8 nitrogen and oxygen atoms in total. The number of carbonyl (C=O) groups excluding carboxylic acids is 3. The minimum absolute atomic E-state index is 0.00154. The topological polar surface area (TPSA) is 89.4 Å². The summed E-state index contributed by atoms with van der Waals surface area (Å²) in [7, 11) is 0. The van der Waals surface area contributed by atoms with Gasteiger partial charge in [-0.2, -0.15) is 0 Å². The van der Waals surface area contributed by atoms with Crippen LogP contribution >= 0.6 is 0 Å². The SMILES string of the molecule is O=C(Nc1ccc2c(c1)OCO2)C1CC[NH+](CN2C(=O)[C@@H]3CC=CC[C@H]3C2=O)CC1. The molecule has 3 amide bonds. The van der Waals surface area contributed by atoms with Crippen LogP contribution in [-0.4, -0.2) is 49.2 Å². The molecule has 2 atom stereocenters. The Morgan fingerprint density at radius 1 is 1.03 bits per heavy atom. The van der Waals surface area contributed by atoms with Crippen molar-refractivity contribution in [2.45, 2.75) is 25.7 Å². The molecular weight excluding hydrogens is 386 g/mol. The first-order valence-electron chi connectivity index (χ1n) is 10.6. The smallest absolute Gasteiger partial charge is 0.237 e. The highest BCUT2D eigenvalue weighted by molar-refractivity contribution is 6.05. The summed E-state index contributed by atoms with van der Waals surface area (Å²) in [5.41, 5.74) is 0.698. The molecule has 30 heavy (non-hydrogen) atoms. The molecule has 5 rings (SSSR count). The largest absolute Gasteiger partial charge is 0.454 e. The molecule has 1 aromatic carbocycles. The van der Waals surface area contributed by atoms with Crippen molar-refractivity contribution < 1.29 is 28.8 Å². The third kappa shape index (κ3) is 3.45. The normalized spacial score (nSPS) is 29.8. The van der Waals surface area contributed by atoms with Crippen LogP contribution in [-0.2, 0) is 14.4 Å². The Morgan fingerprint density at radius 2 is 1.70 bits per heavy atom.